The fraction of sp³-hybridized carbons (Fsp3) is 0.667. The Balaban J connectivity index is 3.68. The lowest BCUT2D eigenvalue weighted by molar-refractivity contribution is 0.926. The number of hydrogen-bond acceptors (Lipinski definition) is 3. The van der Waals surface area contributed by atoms with Gasteiger partial charge in [-0.05, 0) is 29.2 Å². The van der Waals surface area contributed by atoms with Crippen molar-refractivity contribution in [3.05, 3.63) is 9.48 Å². The molecule has 0 aliphatic rings. The Hall–Kier alpha value is -0.0900. The van der Waals surface area contributed by atoms with Gasteiger partial charge in [0.15, 0.2) is 5.13 Å². The predicted molar refractivity (Wildman–Crippen MR) is 62.8 cm³/mol. The predicted octanol–water partition coefficient (Wildman–Crippen LogP) is 3.31. The van der Waals surface area contributed by atoms with Crippen molar-refractivity contribution in [1.29, 1.82) is 0 Å². The Morgan fingerprint density at radius 1 is 1.69 bits per heavy atom. The van der Waals surface area contributed by atoms with Crippen molar-refractivity contribution >= 4 is 32.4 Å². The lowest BCUT2D eigenvalue weighted by atomic mass is 10.3. The van der Waals surface area contributed by atoms with Gasteiger partial charge in [0, 0.05) is 38.9 Å². The summed E-state index contributed by atoms with van der Waals surface area (Å²) in [4.78, 5) is 2.84. The van der Waals surface area contributed by atoms with E-state index in [9.17, 15) is 0 Å². The van der Waals surface area contributed by atoms with E-state index in [2.05, 4.69) is 20.9 Å². The highest BCUT2D eigenvalue weighted by atomic mass is 79.9. The molecule has 4 heteroatoms. The van der Waals surface area contributed by atoms with E-state index in [1.165, 1.54) is 0 Å². The number of aryl methyl sites for hydroxylation is 1. The summed E-state index contributed by atoms with van der Waals surface area (Å²) in [6.45, 7) is -13.6. The molecule has 1 aromatic rings. The highest BCUT2D eigenvalue weighted by Gasteiger charge is 2.09. The summed E-state index contributed by atoms with van der Waals surface area (Å²) in [7, 11) is 0. The van der Waals surface area contributed by atoms with Gasteiger partial charge < -0.3 is 4.90 Å². The number of hydrogen-bond donors (Lipinski definition) is 0. The molecule has 13 heavy (non-hydrogen) atoms. The molecular weight excluding hydrogens is 248 g/mol. The number of thiazole rings is 1. The van der Waals surface area contributed by atoms with Crippen LogP contribution in [0.2, 0.25) is 0 Å². The average Bonchev–Trinajstić information content (AvgIpc) is 2.75. The maximum absolute atomic E-state index is 7.96. The van der Waals surface area contributed by atoms with Crippen LogP contribution in [0.15, 0.2) is 4.60 Å². The highest BCUT2D eigenvalue weighted by molar-refractivity contribution is 9.10. The van der Waals surface area contributed by atoms with Crippen LogP contribution in [-0.4, -0.2) is 18.5 Å². The molecule has 1 heterocycles. The van der Waals surface area contributed by atoms with Crippen molar-refractivity contribution in [3.63, 3.8) is 0 Å². The van der Waals surface area contributed by atoms with Crippen LogP contribution in [0.3, 0.4) is 0 Å². The van der Waals surface area contributed by atoms with Crippen LogP contribution in [0.4, 0.5) is 5.13 Å². The maximum atomic E-state index is 7.96. The lowest BCUT2D eigenvalue weighted by Gasteiger charge is -2.10. The zero-order valence-electron chi connectivity index (χ0n) is 21.2. The topological polar surface area (TPSA) is 16.1 Å². The van der Waals surface area contributed by atoms with E-state index in [4.69, 9.17) is 20.6 Å². The monoisotopic (exact) mass is 277 g/mol. The maximum Gasteiger partial charge on any atom is 0.186 e. The molecule has 0 spiro atoms. The first-order valence-corrected chi connectivity index (χ1v) is 4.57. The van der Waals surface area contributed by atoms with Gasteiger partial charge in [0.25, 0.3) is 0 Å². The normalized spacial score (nSPS) is 33.8. The number of nitrogens with zero attached hydrogens (tertiary/aromatic N) is 2. The molecule has 0 saturated carbocycles. The van der Waals surface area contributed by atoms with E-state index < -0.39 is 54.5 Å². The fourth-order valence-electron chi connectivity index (χ4n) is 0.568. The standard InChI is InChI=1S/C9H15BrN2S/c1-4-6-7-8(10)11-9(13-7)12(3)5-2/h4-6H2,1-3H3/i1D3,2D3,3D3,4D2,5D2,6D2. The van der Waals surface area contributed by atoms with Crippen LogP contribution in [0.5, 0.6) is 0 Å². The molecule has 0 aromatic carbocycles. The Bertz CT molecular complexity index is 715. The quantitative estimate of drug-likeness (QED) is 0.840. The van der Waals surface area contributed by atoms with Gasteiger partial charge in [-0.15, -0.1) is 11.3 Å². The van der Waals surface area contributed by atoms with E-state index in [-0.39, 0.29) is 16.2 Å². The molecule has 0 radical (unpaired) electrons. The molecule has 0 bridgehead atoms. The second kappa shape index (κ2) is 4.96. The van der Waals surface area contributed by atoms with E-state index in [0.29, 0.717) is 0 Å². The first kappa shape index (κ1) is 2.35. The van der Waals surface area contributed by atoms with Crippen LogP contribution in [0.1, 0.15) is 45.5 Å². The minimum atomic E-state index is -3.44. The Morgan fingerprint density at radius 3 is 3.31 bits per heavy atom. The molecule has 1 aromatic heterocycles. The van der Waals surface area contributed by atoms with Gasteiger partial charge in [-0.25, -0.2) is 4.98 Å². The van der Waals surface area contributed by atoms with Gasteiger partial charge in [-0.3, -0.25) is 0 Å². The molecule has 0 fully saturated rings. The second-order valence-corrected chi connectivity index (χ2v) is 3.54. The summed E-state index contributed by atoms with van der Waals surface area (Å²) in [6.07, 6.45) is -6.61. The van der Waals surface area contributed by atoms with Crippen molar-refractivity contribution < 1.29 is 20.6 Å². The minimum absolute atomic E-state index is 0.132. The summed E-state index contributed by atoms with van der Waals surface area (Å²) in [5.41, 5.74) is 0. The Labute approximate surface area is 113 Å². The minimum Gasteiger partial charge on any atom is -0.351 e. The molecule has 74 valence electrons. The summed E-state index contributed by atoms with van der Waals surface area (Å²) < 4.78 is 112. The van der Waals surface area contributed by atoms with Crippen LogP contribution >= 0.6 is 27.3 Å². The fourth-order valence-corrected chi connectivity index (χ4v) is 1.88. The SMILES string of the molecule is [2H]C([2H])([2H])N(c1nc(Br)c(C([2H])([2H])C([2H])([2H])C([2H])([2H])[2H])s1)C([2H])([2H])C([2H])([2H])[2H]. The number of anilines is 1. The summed E-state index contributed by atoms with van der Waals surface area (Å²) in [6, 6.07) is 0. The van der Waals surface area contributed by atoms with Gasteiger partial charge in [-0.2, -0.15) is 0 Å². The van der Waals surface area contributed by atoms with E-state index in [1.54, 1.807) is 0 Å². The van der Waals surface area contributed by atoms with Crippen LogP contribution in [-0.2, 0) is 6.37 Å². The van der Waals surface area contributed by atoms with Gasteiger partial charge in [0.05, 0.1) is 0 Å². The number of rotatable bonds is 4. The lowest BCUT2D eigenvalue weighted by Crippen LogP contribution is -2.15. The molecule has 0 unspecified atom stereocenters. The number of aromatic nitrogens is 1. The van der Waals surface area contributed by atoms with Gasteiger partial charge in [0.1, 0.15) is 4.60 Å². The van der Waals surface area contributed by atoms with Crippen LogP contribution in [0, 0.1) is 0 Å². The molecule has 0 aliphatic heterocycles. The molecule has 1 rings (SSSR count). The van der Waals surface area contributed by atoms with Crippen molar-refractivity contribution in [3.8, 4) is 0 Å². The van der Waals surface area contributed by atoms with Gasteiger partial charge in [0.2, 0.25) is 0 Å². The first-order chi connectivity index (χ1) is 12.0. The molecule has 0 atom stereocenters. The van der Waals surface area contributed by atoms with E-state index >= 15 is 0 Å². The molecule has 0 saturated heterocycles. The van der Waals surface area contributed by atoms with Crippen LogP contribution in [0.25, 0.3) is 0 Å². The molecule has 0 aliphatic carbocycles. The van der Waals surface area contributed by atoms with Gasteiger partial charge in [-0.1, -0.05) is 13.2 Å². The van der Waals surface area contributed by atoms with Crippen molar-refractivity contribution in [1.82, 2.24) is 4.98 Å². The van der Waals surface area contributed by atoms with E-state index in [1.807, 2.05) is 0 Å². The molecular formula is C9H15BrN2S. The van der Waals surface area contributed by atoms with Crippen LogP contribution < -0.4 is 4.90 Å². The third-order valence-corrected chi connectivity index (χ3v) is 2.85. The average molecular weight is 278 g/mol. The zero-order chi connectivity index (χ0) is 22.7. The zero-order valence-corrected chi connectivity index (χ0v) is 8.58. The molecule has 0 N–H and O–H groups in total. The third-order valence-electron chi connectivity index (χ3n) is 1.05. The Morgan fingerprint density at radius 2 is 2.62 bits per heavy atom. The van der Waals surface area contributed by atoms with Crippen molar-refractivity contribution in [2.24, 2.45) is 0 Å². The summed E-state index contributed by atoms with van der Waals surface area (Å²) >= 11 is 2.94. The summed E-state index contributed by atoms with van der Waals surface area (Å²) in [5.74, 6) is 0. The smallest absolute Gasteiger partial charge is 0.186 e. The highest BCUT2D eigenvalue weighted by Crippen LogP contribution is 2.30. The number of halogens is 1. The van der Waals surface area contributed by atoms with Gasteiger partial charge >= 0.3 is 0 Å². The first-order valence-electron chi connectivity index (χ1n) is 10.5. The van der Waals surface area contributed by atoms with Crippen molar-refractivity contribution in [2.45, 2.75) is 26.4 Å². The summed E-state index contributed by atoms with van der Waals surface area (Å²) in [5, 5.41) is -0.784. The molecule has 0 amide bonds. The van der Waals surface area contributed by atoms with Crippen molar-refractivity contribution in [2.75, 3.05) is 18.4 Å². The third kappa shape index (κ3) is 2.68. The molecule has 2 nitrogen and oxygen atoms in total. The van der Waals surface area contributed by atoms with E-state index in [0.717, 1.165) is 0 Å². The second-order valence-electron chi connectivity index (χ2n) is 1.81. The largest absolute Gasteiger partial charge is 0.351 e. The Kier molecular flexibility index (Phi) is 0.897.